The van der Waals surface area contributed by atoms with Crippen LogP contribution in [0.2, 0.25) is 0 Å². The minimum absolute atomic E-state index is 0.592. The Bertz CT molecular complexity index is 587. The van der Waals surface area contributed by atoms with E-state index in [0.29, 0.717) is 12.0 Å². The van der Waals surface area contributed by atoms with Gasteiger partial charge in [-0.15, -0.1) is 5.10 Å². The molecule has 0 unspecified atom stereocenters. The highest BCUT2D eigenvalue weighted by Gasteiger charge is 2.31. The van der Waals surface area contributed by atoms with Crippen LogP contribution in [0.15, 0.2) is 23.7 Å². The van der Waals surface area contributed by atoms with E-state index in [9.17, 15) is 0 Å². The zero-order valence-corrected chi connectivity index (χ0v) is 13.0. The van der Waals surface area contributed by atoms with Gasteiger partial charge in [0.25, 0.3) is 0 Å². The molecule has 21 heavy (non-hydrogen) atoms. The first-order chi connectivity index (χ1) is 10.3. The van der Waals surface area contributed by atoms with Crippen molar-refractivity contribution in [2.45, 2.75) is 31.3 Å². The Morgan fingerprint density at radius 1 is 1.29 bits per heavy atom. The molecule has 0 amide bonds. The van der Waals surface area contributed by atoms with Crippen molar-refractivity contribution >= 4 is 17.4 Å². The summed E-state index contributed by atoms with van der Waals surface area (Å²) >= 11 is 1.52. The highest BCUT2D eigenvalue weighted by Crippen LogP contribution is 2.38. The number of rotatable bonds is 5. The summed E-state index contributed by atoms with van der Waals surface area (Å²) in [6, 6.07) is 4.86. The van der Waals surface area contributed by atoms with Crippen molar-refractivity contribution in [2.75, 3.05) is 25.0 Å². The summed E-state index contributed by atoms with van der Waals surface area (Å²) in [5, 5.41) is 10.9. The molecular weight excluding hydrogens is 282 g/mol. The van der Waals surface area contributed by atoms with E-state index in [1.807, 2.05) is 6.20 Å². The molecule has 1 aliphatic carbocycles. The van der Waals surface area contributed by atoms with Gasteiger partial charge in [0.1, 0.15) is 0 Å². The van der Waals surface area contributed by atoms with Crippen molar-refractivity contribution in [2.24, 2.45) is 0 Å². The number of nitrogens with zero attached hydrogens (tertiary/aromatic N) is 5. The fourth-order valence-electron chi connectivity index (χ4n) is 2.74. The van der Waals surface area contributed by atoms with Crippen LogP contribution in [0, 0.1) is 0 Å². The molecule has 1 saturated heterocycles. The summed E-state index contributed by atoms with van der Waals surface area (Å²) in [5.41, 5.74) is 2.47. The molecular formula is C15H19N5S. The lowest BCUT2D eigenvalue weighted by atomic mass is 10.1. The first-order valence-electron chi connectivity index (χ1n) is 7.46. The average Bonchev–Trinajstić information content (AvgIpc) is 3.17. The van der Waals surface area contributed by atoms with Gasteiger partial charge in [0.05, 0.1) is 5.69 Å². The minimum atomic E-state index is 0.592. The fourth-order valence-corrected chi connectivity index (χ4v) is 3.27. The first kappa shape index (κ1) is 13.2. The molecule has 6 heteroatoms. The third-order valence-corrected chi connectivity index (χ3v) is 5.03. The van der Waals surface area contributed by atoms with Crippen molar-refractivity contribution in [1.82, 2.24) is 19.5 Å². The van der Waals surface area contributed by atoms with E-state index in [1.54, 1.807) is 0 Å². The molecule has 2 aliphatic rings. The second-order valence-corrected chi connectivity index (χ2v) is 6.75. The SMILES string of the molecule is CN(Cc1cnsc1)C1CN(c2ccc(C3CC3)nn2)C1. The number of anilines is 1. The molecule has 0 spiro atoms. The highest BCUT2D eigenvalue weighted by atomic mass is 32.1. The van der Waals surface area contributed by atoms with Crippen LogP contribution in [0.4, 0.5) is 5.82 Å². The third kappa shape index (κ3) is 2.78. The van der Waals surface area contributed by atoms with Crippen LogP contribution < -0.4 is 4.90 Å². The van der Waals surface area contributed by atoms with Crippen LogP contribution in [0.1, 0.15) is 30.0 Å². The predicted molar refractivity (Wildman–Crippen MR) is 83.6 cm³/mol. The summed E-state index contributed by atoms with van der Waals surface area (Å²) in [6.45, 7) is 3.04. The average molecular weight is 301 g/mol. The Morgan fingerprint density at radius 3 is 2.76 bits per heavy atom. The zero-order chi connectivity index (χ0) is 14.2. The lowest BCUT2D eigenvalue weighted by Crippen LogP contribution is -2.58. The summed E-state index contributed by atoms with van der Waals surface area (Å²) in [7, 11) is 2.18. The summed E-state index contributed by atoms with van der Waals surface area (Å²) in [5.74, 6) is 1.70. The summed E-state index contributed by atoms with van der Waals surface area (Å²) in [4.78, 5) is 4.70. The van der Waals surface area contributed by atoms with Crippen LogP contribution in [-0.2, 0) is 6.54 Å². The normalized spacial score (nSPS) is 19.0. The maximum Gasteiger partial charge on any atom is 0.151 e. The molecule has 2 aromatic rings. The van der Waals surface area contributed by atoms with Gasteiger partial charge in [0, 0.05) is 43.2 Å². The Labute approximate surface area is 128 Å². The van der Waals surface area contributed by atoms with Gasteiger partial charge in [-0.05, 0) is 49.1 Å². The van der Waals surface area contributed by atoms with E-state index in [4.69, 9.17) is 0 Å². The van der Waals surface area contributed by atoms with Crippen molar-refractivity contribution in [1.29, 1.82) is 0 Å². The minimum Gasteiger partial charge on any atom is -0.352 e. The van der Waals surface area contributed by atoms with Crippen molar-refractivity contribution < 1.29 is 0 Å². The Morgan fingerprint density at radius 2 is 2.14 bits per heavy atom. The lowest BCUT2D eigenvalue weighted by molar-refractivity contribution is 0.196. The molecule has 1 saturated carbocycles. The van der Waals surface area contributed by atoms with Gasteiger partial charge in [-0.1, -0.05) is 0 Å². The van der Waals surface area contributed by atoms with E-state index >= 15 is 0 Å². The van der Waals surface area contributed by atoms with Crippen LogP contribution in [0.5, 0.6) is 0 Å². The van der Waals surface area contributed by atoms with E-state index < -0.39 is 0 Å². The molecule has 0 atom stereocenters. The van der Waals surface area contributed by atoms with Gasteiger partial charge in [-0.2, -0.15) is 5.10 Å². The van der Waals surface area contributed by atoms with Crippen molar-refractivity contribution in [3.8, 4) is 0 Å². The van der Waals surface area contributed by atoms with E-state index in [-0.39, 0.29) is 0 Å². The molecule has 0 N–H and O–H groups in total. The van der Waals surface area contributed by atoms with Gasteiger partial charge in [0.15, 0.2) is 5.82 Å². The van der Waals surface area contributed by atoms with Gasteiger partial charge >= 0.3 is 0 Å². The third-order valence-electron chi connectivity index (χ3n) is 4.39. The maximum absolute atomic E-state index is 4.38. The van der Waals surface area contributed by atoms with Gasteiger partial charge in [-0.3, -0.25) is 4.90 Å². The Kier molecular flexibility index (Phi) is 3.35. The van der Waals surface area contributed by atoms with E-state index in [0.717, 1.165) is 31.1 Å². The largest absolute Gasteiger partial charge is 0.352 e. The first-order valence-corrected chi connectivity index (χ1v) is 8.30. The molecule has 0 aromatic carbocycles. The lowest BCUT2D eigenvalue weighted by Gasteiger charge is -2.44. The van der Waals surface area contributed by atoms with Crippen LogP contribution in [-0.4, -0.2) is 45.6 Å². The summed E-state index contributed by atoms with van der Waals surface area (Å²) in [6.07, 6.45) is 4.52. The van der Waals surface area contributed by atoms with Gasteiger partial charge < -0.3 is 4.90 Å². The molecule has 1 aliphatic heterocycles. The molecule has 0 radical (unpaired) electrons. The van der Waals surface area contributed by atoms with Crippen LogP contribution in [0.25, 0.3) is 0 Å². The van der Waals surface area contributed by atoms with Gasteiger partial charge in [0.2, 0.25) is 0 Å². The van der Waals surface area contributed by atoms with Gasteiger partial charge in [-0.25, -0.2) is 4.37 Å². The molecule has 0 bridgehead atoms. The summed E-state index contributed by atoms with van der Waals surface area (Å²) < 4.78 is 4.15. The van der Waals surface area contributed by atoms with Crippen LogP contribution in [0.3, 0.4) is 0 Å². The number of hydrogen-bond donors (Lipinski definition) is 0. The van der Waals surface area contributed by atoms with E-state index in [2.05, 4.69) is 48.9 Å². The quantitative estimate of drug-likeness (QED) is 0.846. The number of hydrogen-bond acceptors (Lipinski definition) is 6. The zero-order valence-electron chi connectivity index (χ0n) is 12.1. The molecule has 2 fully saturated rings. The molecule has 3 heterocycles. The number of likely N-dealkylation sites (N-methyl/N-ethyl adjacent to an activating group) is 1. The predicted octanol–water partition coefficient (Wildman–Crippen LogP) is 2.13. The number of aromatic nitrogens is 3. The topological polar surface area (TPSA) is 45.2 Å². The van der Waals surface area contributed by atoms with Crippen LogP contribution >= 0.6 is 11.5 Å². The highest BCUT2D eigenvalue weighted by molar-refractivity contribution is 7.03. The standard InChI is InChI=1S/C15H19N5S/c1-19(7-11-6-16-21-10-11)13-8-20(9-13)15-5-4-14(17-18-15)12-2-3-12/h4-6,10,12-13H,2-3,7-9H2,1H3. The molecule has 4 rings (SSSR count). The second kappa shape index (κ2) is 5.35. The van der Waals surface area contributed by atoms with E-state index in [1.165, 1.54) is 29.9 Å². The Hall–Kier alpha value is -1.53. The smallest absolute Gasteiger partial charge is 0.151 e. The maximum atomic E-state index is 4.38. The van der Waals surface area contributed by atoms with Crippen molar-refractivity contribution in [3.63, 3.8) is 0 Å². The molecule has 110 valence electrons. The van der Waals surface area contributed by atoms with Crippen molar-refractivity contribution in [3.05, 3.63) is 35.0 Å². The fraction of sp³-hybridized carbons (Fsp3) is 0.533. The monoisotopic (exact) mass is 301 g/mol. The Balaban J connectivity index is 1.31. The molecule has 5 nitrogen and oxygen atoms in total. The molecule has 2 aromatic heterocycles. The second-order valence-electron chi connectivity index (χ2n) is 6.10.